The van der Waals surface area contributed by atoms with E-state index >= 15 is 0 Å². The molecule has 0 saturated heterocycles. The van der Waals surface area contributed by atoms with E-state index in [1.54, 1.807) is 6.07 Å². The van der Waals surface area contributed by atoms with E-state index in [1.165, 1.54) is 0 Å². The van der Waals surface area contributed by atoms with E-state index in [9.17, 15) is 5.11 Å². The van der Waals surface area contributed by atoms with Crippen LogP contribution in [0.25, 0.3) is 6.08 Å². The van der Waals surface area contributed by atoms with Crippen LogP contribution in [-0.4, -0.2) is 18.7 Å². The molecule has 0 heterocycles. The lowest BCUT2D eigenvalue weighted by Gasteiger charge is -2.01. The maximum absolute atomic E-state index is 9.50. The zero-order chi connectivity index (χ0) is 9.68. The van der Waals surface area contributed by atoms with Gasteiger partial charge in [0.15, 0.2) is 0 Å². The van der Waals surface area contributed by atoms with Crippen molar-refractivity contribution in [1.82, 2.24) is 5.32 Å². The molecule has 0 amide bonds. The summed E-state index contributed by atoms with van der Waals surface area (Å²) in [6.07, 6.45) is 3.76. The number of phenolic OH excluding ortho intramolecular Hbond substituents is 1. The topological polar surface area (TPSA) is 58.3 Å². The molecule has 0 unspecified atom stereocenters. The molecule has 0 aliphatic carbocycles. The second-order valence-corrected chi connectivity index (χ2v) is 2.75. The monoisotopic (exact) mass is 178 g/mol. The fourth-order valence-corrected chi connectivity index (χ4v) is 1.02. The average Bonchev–Trinajstić information content (AvgIpc) is 2.13. The largest absolute Gasteiger partial charge is 0.505 e. The maximum Gasteiger partial charge on any atom is 0.145 e. The predicted octanol–water partition coefficient (Wildman–Crippen LogP) is 1.21. The number of hydrogen-bond donors (Lipinski definition) is 3. The molecule has 1 aromatic carbocycles. The lowest BCUT2D eigenvalue weighted by molar-refractivity contribution is 0.476. The number of phenols is 1. The molecule has 13 heavy (non-hydrogen) atoms. The number of nitrogen functional groups attached to an aromatic ring is 1. The molecule has 0 spiro atoms. The minimum absolute atomic E-state index is 0.148. The highest BCUT2D eigenvalue weighted by Gasteiger charge is 1.99. The Balaban J connectivity index is 2.83. The van der Waals surface area contributed by atoms with Crippen molar-refractivity contribution in [3.8, 4) is 5.75 Å². The molecule has 0 fully saturated rings. The lowest BCUT2D eigenvalue weighted by Crippen LogP contribution is -2.03. The molecule has 0 aliphatic rings. The minimum atomic E-state index is 0.148. The highest BCUT2D eigenvalue weighted by molar-refractivity contribution is 5.66. The van der Waals surface area contributed by atoms with Gasteiger partial charge in [-0.2, -0.15) is 0 Å². The molecular formula is C10H14N2O. The molecule has 4 N–H and O–H groups in total. The second kappa shape index (κ2) is 4.52. The van der Waals surface area contributed by atoms with E-state index in [2.05, 4.69) is 5.32 Å². The second-order valence-electron chi connectivity index (χ2n) is 2.75. The van der Waals surface area contributed by atoms with Gasteiger partial charge in [-0.1, -0.05) is 24.3 Å². The van der Waals surface area contributed by atoms with E-state index in [-0.39, 0.29) is 5.75 Å². The van der Waals surface area contributed by atoms with Crippen molar-refractivity contribution in [3.63, 3.8) is 0 Å². The highest BCUT2D eigenvalue weighted by atomic mass is 16.3. The van der Waals surface area contributed by atoms with Crippen LogP contribution >= 0.6 is 0 Å². The van der Waals surface area contributed by atoms with Crippen molar-refractivity contribution in [2.24, 2.45) is 0 Å². The van der Waals surface area contributed by atoms with Gasteiger partial charge in [0.05, 0.1) is 5.69 Å². The number of aromatic hydroxyl groups is 1. The third kappa shape index (κ3) is 2.49. The minimum Gasteiger partial charge on any atom is -0.505 e. The van der Waals surface area contributed by atoms with Gasteiger partial charge in [0.1, 0.15) is 5.75 Å². The van der Waals surface area contributed by atoms with Gasteiger partial charge in [0.25, 0.3) is 0 Å². The van der Waals surface area contributed by atoms with Crippen LogP contribution in [0.1, 0.15) is 5.56 Å². The Labute approximate surface area is 77.9 Å². The normalized spacial score (nSPS) is 10.8. The van der Waals surface area contributed by atoms with Crippen LogP contribution in [0, 0.1) is 0 Å². The summed E-state index contributed by atoms with van der Waals surface area (Å²) < 4.78 is 0. The molecule has 0 atom stereocenters. The first-order chi connectivity index (χ1) is 6.25. The van der Waals surface area contributed by atoms with Gasteiger partial charge in [-0.05, 0) is 13.1 Å². The highest BCUT2D eigenvalue weighted by Crippen LogP contribution is 2.25. The molecule has 1 rings (SSSR count). The molecule has 1 aromatic rings. The van der Waals surface area contributed by atoms with Crippen molar-refractivity contribution in [2.45, 2.75) is 0 Å². The Morgan fingerprint density at radius 2 is 2.31 bits per heavy atom. The smallest absolute Gasteiger partial charge is 0.145 e. The Morgan fingerprint density at radius 1 is 1.54 bits per heavy atom. The summed E-state index contributed by atoms with van der Waals surface area (Å²) in [7, 11) is 1.86. The van der Waals surface area contributed by atoms with Gasteiger partial charge >= 0.3 is 0 Å². The van der Waals surface area contributed by atoms with Crippen LogP contribution in [0.15, 0.2) is 24.3 Å². The van der Waals surface area contributed by atoms with Gasteiger partial charge < -0.3 is 16.2 Å². The van der Waals surface area contributed by atoms with Crippen LogP contribution in [0.3, 0.4) is 0 Å². The first kappa shape index (κ1) is 9.61. The molecule has 0 bridgehead atoms. The summed E-state index contributed by atoms with van der Waals surface area (Å²) in [4.78, 5) is 0. The molecule has 3 nitrogen and oxygen atoms in total. The summed E-state index contributed by atoms with van der Waals surface area (Å²) in [5.41, 5.74) is 6.68. The molecule has 70 valence electrons. The van der Waals surface area contributed by atoms with Crippen LogP contribution in [0.5, 0.6) is 5.75 Å². The van der Waals surface area contributed by atoms with E-state index in [0.717, 1.165) is 12.1 Å². The quantitative estimate of drug-likeness (QED) is 0.481. The molecule has 3 heteroatoms. The number of anilines is 1. The third-order valence-electron chi connectivity index (χ3n) is 1.72. The SMILES string of the molecule is CNCC=Cc1cccc(N)c1O. The van der Waals surface area contributed by atoms with Crippen LogP contribution in [0.4, 0.5) is 5.69 Å². The number of benzene rings is 1. The number of para-hydroxylation sites is 1. The Morgan fingerprint density at radius 3 is 3.00 bits per heavy atom. The Kier molecular flexibility index (Phi) is 3.34. The standard InChI is InChI=1S/C10H14N2O/c1-12-7-3-5-8-4-2-6-9(11)10(8)13/h2-6,12-13H,7,11H2,1H3. The average molecular weight is 178 g/mol. The van der Waals surface area contributed by atoms with E-state index in [4.69, 9.17) is 5.73 Å². The summed E-state index contributed by atoms with van der Waals surface area (Å²) in [6, 6.07) is 5.30. The molecule has 0 saturated carbocycles. The van der Waals surface area contributed by atoms with Gasteiger partial charge in [0, 0.05) is 12.1 Å². The number of hydrogen-bond acceptors (Lipinski definition) is 3. The van der Waals surface area contributed by atoms with Crippen molar-refractivity contribution in [1.29, 1.82) is 0 Å². The maximum atomic E-state index is 9.50. The Hall–Kier alpha value is -1.48. The van der Waals surface area contributed by atoms with Crippen molar-refractivity contribution < 1.29 is 5.11 Å². The number of nitrogens with two attached hydrogens (primary N) is 1. The van der Waals surface area contributed by atoms with E-state index in [1.807, 2.05) is 31.3 Å². The van der Waals surface area contributed by atoms with E-state index in [0.29, 0.717) is 5.69 Å². The number of nitrogens with one attached hydrogen (secondary N) is 1. The van der Waals surface area contributed by atoms with Gasteiger partial charge in [-0.15, -0.1) is 0 Å². The summed E-state index contributed by atoms with van der Waals surface area (Å²) >= 11 is 0. The molecule has 0 radical (unpaired) electrons. The van der Waals surface area contributed by atoms with Crippen LogP contribution in [-0.2, 0) is 0 Å². The summed E-state index contributed by atoms with van der Waals surface area (Å²) in [5.74, 6) is 0.148. The summed E-state index contributed by atoms with van der Waals surface area (Å²) in [5, 5.41) is 12.5. The van der Waals surface area contributed by atoms with Crippen LogP contribution < -0.4 is 11.1 Å². The predicted molar refractivity (Wildman–Crippen MR) is 55.5 cm³/mol. The molecular weight excluding hydrogens is 164 g/mol. The van der Waals surface area contributed by atoms with Gasteiger partial charge in [-0.25, -0.2) is 0 Å². The zero-order valence-electron chi connectivity index (χ0n) is 7.62. The van der Waals surface area contributed by atoms with Gasteiger partial charge in [0.2, 0.25) is 0 Å². The Bertz CT molecular complexity index is 308. The zero-order valence-corrected chi connectivity index (χ0v) is 7.62. The number of likely N-dealkylation sites (N-methyl/N-ethyl adjacent to an activating group) is 1. The van der Waals surface area contributed by atoms with Gasteiger partial charge in [-0.3, -0.25) is 0 Å². The first-order valence-corrected chi connectivity index (χ1v) is 4.14. The fraction of sp³-hybridized carbons (Fsp3) is 0.200. The first-order valence-electron chi connectivity index (χ1n) is 4.14. The molecule has 0 aliphatic heterocycles. The van der Waals surface area contributed by atoms with Crippen molar-refractivity contribution >= 4 is 11.8 Å². The van der Waals surface area contributed by atoms with Crippen LogP contribution in [0.2, 0.25) is 0 Å². The number of rotatable bonds is 3. The van der Waals surface area contributed by atoms with E-state index < -0.39 is 0 Å². The third-order valence-corrected chi connectivity index (χ3v) is 1.72. The van der Waals surface area contributed by atoms with Crippen molar-refractivity contribution in [3.05, 3.63) is 29.8 Å². The molecule has 0 aromatic heterocycles. The van der Waals surface area contributed by atoms with Crippen molar-refractivity contribution in [2.75, 3.05) is 19.3 Å². The summed E-state index contributed by atoms with van der Waals surface area (Å²) in [6.45, 7) is 0.772. The lowest BCUT2D eigenvalue weighted by atomic mass is 10.1. The fourth-order valence-electron chi connectivity index (χ4n) is 1.02.